The Morgan fingerprint density at radius 1 is 1.07 bits per heavy atom. The van der Waals surface area contributed by atoms with Crippen LogP contribution in [0.25, 0.3) is 0 Å². The normalized spacial score (nSPS) is 15.7. The van der Waals surface area contributed by atoms with Gasteiger partial charge in [-0.15, -0.1) is 0 Å². The van der Waals surface area contributed by atoms with Crippen molar-refractivity contribution in [2.45, 2.75) is 26.4 Å². The summed E-state index contributed by atoms with van der Waals surface area (Å²) in [5.41, 5.74) is 3.99. The van der Waals surface area contributed by atoms with Gasteiger partial charge in [0.15, 0.2) is 5.69 Å². The molecule has 2 aromatic carbocycles. The second-order valence-electron chi connectivity index (χ2n) is 7.78. The van der Waals surface area contributed by atoms with Crippen LogP contribution in [0.15, 0.2) is 65.3 Å². The van der Waals surface area contributed by atoms with Crippen LogP contribution in [-0.4, -0.2) is 42.0 Å². The van der Waals surface area contributed by atoms with Gasteiger partial charge in [-0.1, -0.05) is 48.5 Å². The molecule has 6 heteroatoms. The van der Waals surface area contributed by atoms with Crippen molar-refractivity contribution in [2.24, 2.45) is 0 Å². The van der Waals surface area contributed by atoms with Gasteiger partial charge in [0.2, 0.25) is 5.89 Å². The molecule has 3 aromatic rings. The highest BCUT2D eigenvalue weighted by Gasteiger charge is 2.21. The van der Waals surface area contributed by atoms with Crippen LogP contribution in [0.5, 0.6) is 0 Å². The predicted octanol–water partition coefficient (Wildman–Crippen LogP) is 3.80. The molecule has 4 rings (SSSR count). The molecule has 1 unspecified atom stereocenters. The summed E-state index contributed by atoms with van der Waals surface area (Å²) < 4.78 is 5.58. The number of piperazine rings is 1. The van der Waals surface area contributed by atoms with Gasteiger partial charge in [0, 0.05) is 31.9 Å². The zero-order valence-electron chi connectivity index (χ0n) is 17.5. The highest BCUT2D eigenvalue weighted by atomic mass is 16.3. The topological polar surface area (TPSA) is 61.6 Å². The summed E-state index contributed by atoms with van der Waals surface area (Å²) in [4.78, 5) is 21.7. The van der Waals surface area contributed by atoms with Gasteiger partial charge in [0.05, 0.1) is 12.6 Å². The number of rotatable bonds is 6. The number of oxazole rings is 1. The standard InChI is InChI=1S/C24H28N4O2/c1-18-8-6-7-11-22(18)28-14-12-27(13-15-28)16-23-26-21(17-30-23)24(29)25-19(2)20-9-4-3-5-10-20/h3-11,17,19H,12-16H2,1-2H3,(H,25,29). The first kappa shape index (κ1) is 20.2. The Bertz CT molecular complexity index is 978. The van der Waals surface area contributed by atoms with E-state index in [1.54, 1.807) is 0 Å². The molecule has 1 aliphatic heterocycles. The Morgan fingerprint density at radius 2 is 1.77 bits per heavy atom. The van der Waals surface area contributed by atoms with E-state index in [2.05, 4.69) is 51.3 Å². The Labute approximate surface area is 177 Å². The molecule has 1 aromatic heterocycles. The minimum Gasteiger partial charge on any atom is -0.447 e. The monoisotopic (exact) mass is 404 g/mol. The van der Waals surface area contributed by atoms with Crippen LogP contribution in [0.3, 0.4) is 0 Å². The maximum Gasteiger partial charge on any atom is 0.273 e. The number of carbonyl (C=O) groups is 1. The first-order valence-corrected chi connectivity index (χ1v) is 10.4. The Kier molecular flexibility index (Phi) is 6.14. The first-order valence-electron chi connectivity index (χ1n) is 10.4. The number of hydrogen-bond donors (Lipinski definition) is 1. The molecule has 156 valence electrons. The van der Waals surface area contributed by atoms with Crippen LogP contribution in [0.1, 0.15) is 40.5 Å². The summed E-state index contributed by atoms with van der Waals surface area (Å²) in [7, 11) is 0. The number of aromatic nitrogens is 1. The molecular weight excluding hydrogens is 376 g/mol. The van der Waals surface area contributed by atoms with Gasteiger partial charge in [-0.25, -0.2) is 4.98 Å². The smallest absolute Gasteiger partial charge is 0.273 e. The van der Waals surface area contributed by atoms with Crippen LogP contribution < -0.4 is 10.2 Å². The Morgan fingerprint density at radius 3 is 2.50 bits per heavy atom. The summed E-state index contributed by atoms with van der Waals surface area (Å²) in [6, 6.07) is 18.3. The third kappa shape index (κ3) is 4.71. The third-order valence-electron chi connectivity index (χ3n) is 5.62. The average Bonchev–Trinajstić information content (AvgIpc) is 3.24. The second kappa shape index (κ2) is 9.13. The van der Waals surface area contributed by atoms with Crippen LogP contribution >= 0.6 is 0 Å². The molecular formula is C24H28N4O2. The van der Waals surface area contributed by atoms with Crippen molar-refractivity contribution in [1.82, 2.24) is 15.2 Å². The number of nitrogens with one attached hydrogen (secondary N) is 1. The number of benzene rings is 2. The molecule has 1 fully saturated rings. The zero-order valence-corrected chi connectivity index (χ0v) is 17.5. The fourth-order valence-corrected chi connectivity index (χ4v) is 3.84. The molecule has 30 heavy (non-hydrogen) atoms. The lowest BCUT2D eigenvalue weighted by molar-refractivity contribution is 0.0934. The van der Waals surface area contributed by atoms with Crippen LogP contribution in [0, 0.1) is 6.92 Å². The van der Waals surface area contributed by atoms with Crippen LogP contribution in [0.4, 0.5) is 5.69 Å². The lowest BCUT2D eigenvalue weighted by Gasteiger charge is -2.36. The molecule has 1 N–H and O–H groups in total. The number of hydrogen-bond acceptors (Lipinski definition) is 5. The van der Waals surface area contributed by atoms with Gasteiger partial charge >= 0.3 is 0 Å². The van der Waals surface area contributed by atoms with Crippen molar-refractivity contribution in [2.75, 3.05) is 31.1 Å². The fraction of sp³-hybridized carbons (Fsp3) is 0.333. The van der Waals surface area contributed by atoms with E-state index in [0.29, 0.717) is 18.1 Å². The van der Waals surface area contributed by atoms with E-state index in [1.165, 1.54) is 17.5 Å². The van der Waals surface area contributed by atoms with E-state index in [4.69, 9.17) is 4.42 Å². The largest absolute Gasteiger partial charge is 0.447 e. The summed E-state index contributed by atoms with van der Waals surface area (Å²) in [6.07, 6.45) is 1.45. The predicted molar refractivity (Wildman–Crippen MR) is 117 cm³/mol. The minimum atomic E-state index is -0.217. The number of amides is 1. The van der Waals surface area contributed by atoms with E-state index >= 15 is 0 Å². The van der Waals surface area contributed by atoms with Gasteiger partial charge in [0.25, 0.3) is 5.91 Å². The number of carbonyl (C=O) groups excluding carboxylic acids is 1. The van der Waals surface area contributed by atoms with Gasteiger partial charge in [-0.2, -0.15) is 0 Å². The molecule has 1 saturated heterocycles. The van der Waals surface area contributed by atoms with E-state index in [9.17, 15) is 4.79 Å². The van der Waals surface area contributed by atoms with Gasteiger partial charge in [-0.3, -0.25) is 9.69 Å². The average molecular weight is 405 g/mol. The van der Waals surface area contributed by atoms with Crippen molar-refractivity contribution < 1.29 is 9.21 Å². The highest BCUT2D eigenvalue weighted by Crippen LogP contribution is 2.21. The van der Waals surface area contributed by atoms with E-state index in [0.717, 1.165) is 31.7 Å². The maximum absolute atomic E-state index is 12.5. The van der Waals surface area contributed by atoms with E-state index in [1.807, 2.05) is 37.3 Å². The zero-order chi connectivity index (χ0) is 20.9. The molecule has 0 bridgehead atoms. The summed E-state index contributed by atoms with van der Waals surface area (Å²) in [6.45, 7) is 8.53. The third-order valence-corrected chi connectivity index (χ3v) is 5.62. The van der Waals surface area contributed by atoms with Crippen LogP contribution in [-0.2, 0) is 6.54 Å². The quantitative estimate of drug-likeness (QED) is 0.677. The fourth-order valence-electron chi connectivity index (χ4n) is 3.84. The number of nitrogens with zero attached hydrogens (tertiary/aromatic N) is 3. The Balaban J connectivity index is 1.30. The lowest BCUT2D eigenvalue weighted by atomic mass is 10.1. The van der Waals surface area contributed by atoms with Crippen molar-refractivity contribution in [3.8, 4) is 0 Å². The number of para-hydroxylation sites is 1. The van der Waals surface area contributed by atoms with E-state index < -0.39 is 0 Å². The van der Waals surface area contributed by atoms with Crippen molar-refractivity contribution >= 4 is 11.6 Å². The van der Waals surface area contributed by atoms with Crippen molar-refractivity contribution in [3.63, 3.8) is 0 Å². The highest BCUT2D eigenvalue weighted by molar-refractivity contribution is 5.92. The first-order chi connectivity index (χ1) is 14.6. The molecule has 0 aliphatic carbocycles. The van der Waals surface area contributed by atoms with Gasteiger partial charge < -0.3 is 14.6 Å². The number of aryl methyl sites for hydroxylation is 1. The molecule has 0 spiro atoms. The summed E-state index contributed by atoms with van der Waals surface area (Å²) in [5.74, 6) is 0.364. The van der Waals surface area contributed by atoms with Gasteiger partial charge in [-0.05, 0) is 31.0 Å². The van der Waals surface area contributed by atoms with E-state index in [-0.39, 0.29) is 11.9 Å². The maximum atomic E-state index is 12.5. The second-order valence-corrected chi connectivity index (χ2v) is 7.78. The van der Waals surface area contributed by atoms with Gasteiger partial charge in [0.1, 0.15) is 6.26 Å². The summed E-state index contributed by atoms with van der Waals surface area (Å²) >= 11 is 0. The molecule has 1 amide bonds. The number of anilines is 1. The molecule has 1 aliphatic rings. The van der Waals surface area contributed by atoms with Crippen molar-refractivity contribution in [1.29, 1.82) is 0 Å². The molecule has 6 nitrogen and oxygen atoms in total. The Hall–Kier alpha value is -3.12. The van der Waals surface area contributed by atoms with Crippen molar-refractivity contribution in [3.05, 3.63) is 83.6 Å². The molecule has 2 heterocycles. The molecule has 0 radical (unpaired) electrons. The summed E-state index contributed by atoms with van der Waals surface area (Å²) in [5, 5.41) is 2.98. The minimum absolute atomic E-state index is 0.0895. The molecule has 1 atom stereocenters. The molecule has 0 saturated carbocycles. The van der Waals surface area contributed by atoms with Crippen LogP contribution in [0.2, 0.25) is 0 Å². The SMILES string of the molecule is Cc1ccccc1N1CCN(Cc2nc(C(=O)NC(C)c3ccccc3)co2)CC1. The lowest BCUT2D eigenvalue weighted by Crippen LogP contribution is -2.46.